The Morgan fingerprint density at radius 2 is 2.06 bits per heavy atom. The molecule has 1 aromatic rings. The highest BCUT2D eigenvalue weighted by atomic mass is 16.5. The summed E-state index contributed by atoms with van der Waals surface area (Å²) in [5, 5.41) is 15.4. The average Bonchev–Trinajstić information content (AvgIpc) is 2.36. The number of ether oxygens (including phenoxy) is 1. The molecule has 0 aliphatic carbocycles. The lowest BCUT2D eigenvalue weighted by Crippen LogP contribution is -2.23. The van der Waals surface area contributed by atoms with Gasteiger partial charge in [0.05, 0.1) is 19.8 Å². The van der Waals surface area contributed by atoms with Gasteiger partial charge in [-0.1, -0.05) is 6.92 Å². The lowest BCUT2D eigenvalue weighted by atomic mass is 10.2. The predicted molar refractivity (Wildman–Crippen MR) is 67.5 cm³/mol. The van der Waals surface area contributed by atoms with Gasteiger partial charge in [0.2, 0.25) is 5.75 Å². The zero-order valence-corrected chi connectivity index (χ0v) is 10.5. The van der Waals surface area contributed by atoms with Gasteiger partial charge in [-0.3, -0.25) is 0 Å². The highest BCUT2D eigenvalue weighted by Gasteiger charge is 2.14. The molecule has 0 radical (unpaired) electrons. The van der Waals surface area contributed by atoms with E-state index in [1.807, 2.05) is 13.8 Å². The third kappa shape index (κ3) is 3.45. The Kier molecular flexibility index (Phi) is 5.48. The number of hydrogen-bond acceptors (Lipinski definition) is 6. The summed E-state index contributed by atoms with van der Waals surface area (Å²) in [7, 11) is 1.57. The molecule has 1 unspecified atom stereocenters. The first-order valence-corrected chi connectivity index (χ1v) is 5.77. The Bertz CT molecular complexity index is 342. The van der Waals surface area contributed by atoms with Crippen molar-refractivity contribution in [2.45, 2.75) is 26.3 Å². The van der Waals surface area contributed by atoms with Gasteiger partial charge in [0.1, 0.15) is 6.33 Å². The van der Waals surface area contributed by atoms with E-state index in [2.05, 4.69) is 20.6 Å². The molecule has 96 valence electrons. The molecule has 3 N–H and O–H groups in total. The third-order valence-corrected chi connectivity index (χ3v) is 2.41. The lowest BCUT2D eigenvalue weighted by molar-refractivity contribution is 0.271. The standard InChI is InChI=1S/C11H20N4O2/c1-4-8(6-16)15-11-9(17-3)10(12-5-2)13-7-14-11/h7-8,16H,4-6H2,1-3H3,(H2,12,13,14,15). The van der Waals surface area contributed by atoms with E-state index in [0.29, 0.717) is 17.4 Å². The van der Waals surface area contributed by atoms with Crippen molar-refractivity contribution in [3.8, 4) is 5.75 Å². The molecule has 0 amide bonds. The average molecular weight is 240 g/mol. The fourth-order valence-corrected chi connectivity index (χ4v) is 1.43. The molecule has 0 saturated heterocycles. The molecule has 0 saturated carbocycles. The molecule has 0 spiro atoms. The van der Waals surface area contributed by atoms with Crippen LogP contribution in [0.1, 0.15) is 20.3 Å². The summed E-state index contributed by atoms with van der Waals surface area (Å²) in [6.07, 6.45) is 2.27. The van der Waals surface area contributed by atoms with Crippen LogP contribution < -0.4 is 15.4 Å². The summed E-state index contributed by atoms with van der Waals surface area (Å²) in [5.41, 5.74) is 0. The molecule has 6 heteroatoms. The molecule has 0 fully saturated rings. The number of rotatable bonds is 7. The van der Waals surface area contributed by atoms with Gasteiger partial charge in [-0.15, -0.1) is 0 Å². The predicted octanol–water partition coefficient (Wildman–Crippen LogP) is 1.10. The van der Waals surface area contributed by atoms with Crippen molar-refractivity contribution in [2.24, 2.45) is 0 Å². The normalized spacial score (nSPS) is 12.0. The minimum atomic E-state index is -0.0340. The monoisotopic (exact) mass is 240 g/mol. The Hall–Kier alpha value is -1.56. The van der Waals surface area contributed by atoms with E-state index < -0.39 is 0 Å². The number of methoxy groups -OCH3 is 1. The van der Waals surface area contributed by atoms with Gasteiger partial charge >= 0.3 is 0 Å². The van der Waals surface area contributed by atoms with E-state index in [-0.39, 0.29) is 12.6 Å². The number of nitrogens with zero attached hydrogens (tertiary/aromatic N) is 2. The number of hydrogen-bond donors (Lipinski definition) is 3. The zero-order chi connectivity index (χ0) is 12.7. The van der Waals surface area contributed by atoms with E-state index in [9.17, 15) is 0 Å². The topological polar surface area (TPSA) is 79.3 Å². The molecule has 1 aromatic heterocycles. The Morgan fingerprint density at radius 3 is 2.59 bits per heavy atom. The van der Waals surface area contributed by atoms with Gasteiger partial charge in [-0.25, -0.2) is 9.97 Å². The first kappa shape index (κ1) is 13.5. The van der Waals surface area contributed by atoms with Crippen molar-refractivity contribution in [1.82, 2.24) is 9.97 Å². The molecule has 1 heterocycles. The molecule has 0 aromatic carbocycles. The highest BCUT2D eigenvalue weighted by molar-refractivity contribution is 5.63. The van der Waals surface area contributed by atoms with E-state index in [1.54, 1.807) is 7.11 Å². The van der Waals surface area contributed by atoms with Gasteiger partial charge in [0.25, 0.3) is 0 Å². The van der Waals surface area contributed by atoms with Gasteiger partial charge in [0, 0.05) is 6.54 Å². The Labute approximate surface area is 101 Å². The first-order chi connectivity index (χ1) is 8.26. The molecule has 1 rings (SSSR count). The smallest absolute Gasteiger partial charge is 0.204 e. The summed E-state index contributed by atoms with van der Waals surface area (Å²) >= 11 is 0. The largest absolute Gasteiger partial charge is 0.490 e. The molecule has 1 atom stereocenters. The Balaban J connectivity index is 2.93. The number of anilines is 2. The fraction of sp³-hybridized carbons (Fsp3) is 0.636. The summed E-state index contributed by atoms with van der Waals surface area (Å²) in [4.78, 5) is 8.24. The molecule has 17 heavy (non-hydrogen) atoms. The van der Waals surface area contributed by atoms with Crippen molar-refractivity contribution in [3.63, 3.8) is 0 Å². The van der Waals surface area contributed by atoms with Crippen molar-refractivity contribution in [2.75, 3.05) is 30.9 Å². The lowest BCUT2D eigenvalue weighted by Gasteiger charge is -2.18. The maximum atomic E-state index is 9.16. The van der Waals surface area contributed by atoms with Crippen LogP contribution in [0.3, 0.4) is 0 Å². The number of aromatic nitrogens is 2. The van der Waals surface area contributed by atoms with Gasteiger partial charge in [-0.2, -0.15) is 0 Å². The number of aliphatic hydroxyl groups excluding tert-OH is 1. The summed E-state index contributed by atoms with van der Waals surface area (Å²) in [6.45, 7) is 4.79. The molecular formula is C11H20N4O2. The molecule has 0 bridgehead atoms. The van der Waals surface area contributed by atoms with Crippen LogP contribution in [0.5, 0.6) is 5.75 Å². The SMILES string of the molecule is CCNc1ncnc(NC(CC)CO)c1OC. The van der Waals surface area contributed by atoms with Crippen LogP contribution in [0.4, 0.5) is 11.6 Å². The number of aliphatic hydroxyl groups is 1. The Morgan fingerprint density at radius 1 is 1.35 bits per heavy atom. The van der Waals surface area contributed by atoms with Gasteiger partial charge in [-0.05, 0) is 13.3 Å². The van der Waals surface area contributed by atoms with Crippen LogP contribution >= 0.6 is 0 Å². The van der Waals surface area contributed by atoms with E-state index >= 15 is 0 Å². The maximum absolute atomic E-state index is 9.16. The third-order valence-electron chi connectivity index (χ3n) is 2.41. The van der Waals surface area contributed by atoms with E-state index in [1.165, 1.54) is 6.33 Å². The quantitative estimate of drug-likeness (QED) is 0.662. The van der Waals surface area contributed by atoms with E-state index in [4.69, 9.17) is 9.84 Å². The van der Waals surface area contributed by atoms with Crippen molar-refractivity contribution in [1.29, 1.82) is 0 Å². The van der Waals surface area contributed by atoms with Crippen LogP contribution in [0, 0.1) is 0 Å². The summed E-state index contributed by atoms with van der Waals surface area (Å²) < 4.78 is 5.29. The van der Waals surface area contributed by atoms with Crippen molar-refractivity contribution < 1.29 is 9.84 Å². The molecular weight excluding hydrogens is 220 g/mol. The second kappa shape index (κ2) is 6.90. The molecule has 0 aliphatic rings. The van der Waals surface area contributed by atoms with Crippen LogP contribution in [0.15, 0.2) is 6.33 Å². The zero-order valence-electron chi connectivity index (χ0n) is 10.5. The van der Waals surface area contributed by atoms with E-state index in [0.717, 1.165) is 13.0 Å². The first-order valence-electron chi connectivity index (χ1n) is 5.77. The maximum Gasteiger partial charge on any atom is 0.204 e. The minimum Gasteiger partial charge on any atom is -0.490 e. The van der Waals surface area contributed by atoms with Crippen LogP contribution in [0.2, 0.25) is 0 Å². The minimum absolute atomic E-state index is 0.0340. The second-order valence-corrected chi connectivity index (χ2v) is 3.57. The van der Waals surface area contributed by atoms with Crippen LogP contribution in [0.25, 0.3) is 0 Å². The van der Waals surface area contributed by atoms with Gasteiger partial charge < -0.3 is 20.5 Å². The second-order valence-electron chi connectivity index (χ2n) is 3.57. The van der Waals surface area contributed by atoms with Crippen molar-refractivity contribution in [3.05, 3.63) is 6.33 Å². The van der Waals surface area contributed by atoms with Gasteiger partial charge in [0.15, 0.2) is 11.6 Å². The van der Waals surface area contributed by atoms with Crippen LogP contribution in [-0.2, 0) is 0 Å². The van der Waals surface area contributed by atoms with Crippen LogP contribution in [-0.4, -0.2) is 41.4 Å². The number of nitrogens with one attached hydrogen (secondary N) is 2. The highest BCUT2D eigenvalue weighted by Crippen LogP contribution is 2.29. The molecule has 6 nitrogen and oxygen atoms in total. The summed E-state index contributed by atoms with van der Waals surface area (Å²) in [5.74, 6) is 1.82. The van der Waals surface area contributed by atoms with Crippen molar-refractivity contribution >= 4 is 11.6 Å². The molecule has 0 aliphatic heterocycles. The summed E-state index contributed by atoms with van der Waals surface area (Å²) in [6, 6.07) is -0.0340. The fourth-order valence-electron chi connectivity index (χ4n) is 1.43.